The summed E-state index contributed by atoms with van der Waals surface area (Å²) in [6.07, 6.45) is 0. The number of hydrogen-bond acceptors (Lipinski definition) is 2. The molecule has 2 rings (SSSR count). The summed E-state index contributed by atoms with van der Waals surface area (Å²) in [5, 5.41) is 0. The van der Waals surface area contributed by atoms with E-state index >= 15 is 0 Å². The molecule has 0 aliphatic heterocycles. The molecule has 100 valence electrons. The highest BCUT2D eigenvalue weighted by Crippen LogP contribution is 2.32. The van der Waals surface area contributed by atoms with E-state index in [2.05, 4.69) is 0 Å². The normalized spacial score (nSPS) is 10.6. The molecule has 0 spiro atoms. The number of rotatable bonds is 2. The van der Waals surface area contributed by atoms with Crippen LogP contribution in [0.2, 0.25) is 0 Å². The van der Waals surface area contributed by atoms with Crippen molar-refractivity contribution in [1.29, 1.82) is 0 Å². The highest BCUT2D eigenvalue weighted by atomic mass is 19.1. The number of aryl methyl sites for hydroxylation is 2. The lowest BCUT2D eigenvalue weighted by atomic mass is 9.99. The maximum Gasteiger partial charge on any atom is 0.146 e. The van der Waals surface area contributed by atoms with Gasteiger partial charge in [0.25, 0.3) is 0 Å². The molecule has 2 aromatic carbocycles. The van der Waals surface area contributed by atoms with Gasteiger partial charge in [0.05, 0.1) is 12.8 Å². The Morgan fingerprint density at radius 2 is 1.53 bits per heavy atom. The van der Waals surface area contributed by atoms with Crippen LogP contribution in [0.5, 0.6) is 5.75 Å². The molecule has 0 aliphatic rings. The lowest BCUT2D eigenvalue weighted by molar-refractivity contribution is 0.408. The first-order valence-electron chi connectivity index (χ1n) is 5.84. The van der Waals surface area contributed by atoms with E-state index < -0.39 is 11.6 Å². The van der Waals surface area contributed by atoms with Crippen LogP contribution in [0.25, 0.3) is 11.1 Å². The zero-order chi connectivity index (χ0) is 14.2. The van der Waals surface area contributed by atoms with E-state index in [1.54, 1.807) is 19.2 Å². The maximum absolute atomic E-state index is 13.9. The van der Waals surface area contributed by atoms with Gasteiger partial charge in [-0.3, -0.25) is 0 Å². The molecule has 0 fully saturated rings. The van der Waals surface area contributed by atoms with Gasteiger partial charge in [0, 0.05) is 11.6 Å². The number of halogens is 2. The van der Waals surface area contributed by atoms with Gasteiger partial charge in [-0.2, -0.15) is 0 Å². The molecule has 2 N–H and O–H groups in total. The molecule has 0 saturated carbocycles. The van der Waals surface area contributed by atoms with E-state index in [0.29, 0.717) is 5.56 Å². The first-order valence-corrected chi connectivity index (χ1v) is 5.84. The third-order valence-corrected chi connectivity index (χ3v) is 3.06. The van der Waals surface area contributed by atoms with Crippen LogP contribution in [0.3, 0.4) is 0 Å². The topological polar surface area (TPSA) is 35.2 Å². The summed E-state index contributed by atoms with van der Waals surface area (Å²) in [4.78, 5) is 0. The summed E-state index contributed by atoms with van der Waals surface area (Å²) < 4.78 is 32.6. The number of hydrogen-bond donors (Lipinski definition) is 1. The smallest absolute Gasteiger partial charge is 0.146 e. The van der Waals surface area contributed by atoms with Gasteiger partial charge >= 0.3 is 0 Å². The highest BCUT2D eigenvalue weighted by molar-refractivity contribution is 5.69. The monoisotopic (exact) mass is 263 g/mol. The Hall–Kier alpha value is -2.10. The standard InChI is InChI=1S/C15H15F2NO/c1-8-4-10(5-9(2)15(8)19-3)11-6-13(17)14(18)7-12(11)16/h4-7H,18H2,1-3H3. The Morgan fingerprint density at radius 1 is 0.947 bits per heavy atom. The van der Waals surface area contributed by atoms with Crippen molar-refractivity contribution in [2.75, 3.05) is 12.8 Å². The minimum absolute atomic E-state index is 0.191. The van der Waals surface area contributed by atoms with Crippen LogP contribution >= 0.6 is 0 Å². The first-order chi connectivity index (χ1) is 8.93. The third kappa shape index (κ3) is 2.38. The van der Waals surface area contributed by atoms with Crippen LogP contribution in [-0.2, 0) is 0 Å². The van der Waals surface area contributed by atoms with Gasteiger partial charge in [-0.15, -0.1) is 0 Å². The quantitative estimate of drug-likeness (QED) is 0.835. The molecular formula is C15H15F2NO. The Morgan fingerprint density at radius 3 is 2.05 bits per heavy atom. The molecule has 0 unspecified atom stereocenters. The maximum atomic E-state index is 13.9. The largest absolute Gasteiger partial charge is 0.496 e. The molecule has 0 heterocycles. The molecule has 2 aromatic rings. The average Bonchev–Trinajstić information content (AvgIpc) is 2.33. The van der Waals surface area contributed by atoms with Crippen molar-refractivity contribution < 1.29 is 13.5 Å². The van der Waals surface area contributed by atoms with Crippen LogP contribution in [0, 0.1) is 25.5 Å². The Bertz CT molecular complexity index is 615. The van der Waals surface area contributed by atoms with E-state index in [9.17, 15) is 8.78 Å². The number of nitrogen functional groups attached to an aromatic ring is 1. The molecule has 0 amide bonds. The van der Waals surface area contributed by atoms with E-state index in [-0.39, 0.29) is 11.3 Å². The van der Waals surface area contributed by atoms with Crippen LogP contribution in [-0.4, -0.2) is 7.11 Å². The van der Waals surface area contributed by atoms with Crippen LogP contribution in [0.4, 0.5) is 14.5 Å². The van der Waals surface area contributed by atoms with Gasteiger partial charge < -0.3 is 10.5 Å². The second kappa shape index (κ2) is 4.88. The van der Waals surface area contributed by atoms with Crippen molar-refractivity contribution in [1.82, 2.24) is 0 Å². The summed E-state index contributed by atoms with van der Waals surface area (Å²) in [7, 11) is 1.58. The van der Waals surface area contributed by atoms with E-state index in [1.165, 1.54) is 0 Å². The summed E-state index contributed by atoms with van der Waals surface area (Å²) in [5.41, 5.74) is 7.68. The lowest BCUT2D eigenvalue weighted by Crippen LogP contribution is -1.96. The van der Waals surface area contributed by atoms with Gasteiger partial charge in [0.15, 0.2) is 0 Å². The predicted molar refractivity (Wildman–Crippen MR) is 72.2 cm³/mol. The molecule has 0 radical (unpaired) electrons. The number of ether oxygens (including phenoxy) is 1. The fourth-order valence-corrected chi connectivity index (χ4v) is 2.21. The number of benzene rings is 2. The Labute approximate surface area is 110 Å². The summed E-state index contributed by atoms with van der Waals surface area (Å²) in [6.45, 7) is 3.72. The Balaban J connectivity index is 2.63. The van der Waals surface area contributed by atoms with E-state index in [0.717, 1.165) is 29.0 Å². The van der Waals surface area contributed by atoms with Gasteiger partial charge in [0.1, 0.15) is 17.4 Å². The molecule has 2 nitrogen and oxygen atoms in total. The first kappa shape index (κ1) is 13.3. The second-order valence-electron chi connectivity index (χ2n) is 4.50. The SMILES string of the molecule is COc1c(C)cc(-c2cc(F)c(N)cc2F)cc1C. The van der Waals surface area contributed by atoms with Crippen LogP contribution < -0.4 is 10.5 Å². The molecule has 4 heteroatoms. The minimum Gasteiger partial charge on any atom is -0.496 e. The summed E-state index contributed by atoms with van der Waals surface area (Å²) in [5.74, 6) is -0.412. The van der Waals surface area contributed by atoms with Crippen LogP contribution in [0.15, 0.2) is 24.3 Å². The van der Waals surface area contributed by atoms with Crippen molar-refractivity contribution in [3.8, 4) is 16.9 Å². The Kier molecular flexibility index (Phi) is 3.42. The summed E-state index contributed by atoms with van der Waals surface area (Å²) >= 11 is 0. The predicted octanol–water partition coefficient (Wildman–Crippen LogP) is 3.84. The lowest BCUT2D eigenvalue weighted by Gasteiger charge is -2.12. The minimum atomic E-state index is -0.623. The molecule has 0 aliphatic carbocycles. The van der Waals surface area contributed by atoms with Crippen molar-refractivity contribution in [2.45, 2.75) is 13.8 Å². The number of nitrogens with two attached hydrogens (primary N) is 1. The van der Waals surface area contributed by atoms with E-state index in [4.69, 9.17) is 10.5 Å². The highest BCUT2D eigenvalue weighted by Gasteiger charge is 2.13. The molecular weight excluding hydrogens is 248 g/mol. The van der Waals surface area contributed by atoms with Crippen LogP contribution in [0.1, 0.15) is 11.1 Å². The van der Waals surface area contributed by atoms with Gasteiger partial charge in [-0.05, 0) is 48.7 Å². The van der Waals surface area contributed by atoms with Gasteiger partial charge in [0.2, 0.25) is 0 Å². The number of anilines is 1. The molecule has 0 aromatic heterocycles. The van der Waals surface area contributed by atoms with E-state index in [1.807, 2.05) is 13.8 Å². The number of methoxy groups -OCH3 is 1. The fourth-order valence-electron chi connectivity index (χ4n) is 2.21. The second-order valence-corrected chi connectivity index (χ2v) is 4.50. The van der Waals surface area contributed by atoms with Crippen molar-refractivity contribution in [2.24, 2.45) is 0 Å². The molecule has 0 saturated heterocycles. The van der Waals surface area contributed by atoms with Crippen molar-refractivity contribution in [3.05, 3.63) is 47.0 Å². The third-order valence-electron chi connectivity index (χ3n) is 3.06. The molecule has 19 heavy (non-hydrogen) atoms. The van der Waals surface area contributed by atoms with Crippen molar-refractivity contribution >= 4 is 5.69 Å². The zero-order valence-electron chi connectivity index (χ0n) is 11.1. The molecule has 0 atom stereocenters. The van der Waals surface area contributed by atoms with Crippen molar-refractivity contribution in [3.63, 3.8) is 0 Å². The van der Waals surface area contributed by atoms with Gasteiger partial charge in [-0.1, -0.05) is 0 Å². The summed E-state index contributed by atoms with van der Waals surface area (Å²) in [6, 6.07) is 5.64. The average molecular weight is 263 g/mol. The van der Waals surface area contributed by atoms with Gasteiger partial charge in [-0.25, -0.2) is 8.78 Å². The zero-order valence-corrected chi connectivity index (χ0v) is 11.1. The molecule has 0 bridgehead atoms. The fraction of sp³-hybridized carbons (Fsp3) is 0.200.